The van der Waals surface area contributed by atoms with Gasteiger partial charge in [0.1, 0.15) is 17.5 Å². The van der Waals surface area contributed by atoms with Crippen molar-refractivity contribution >= 4 is 11.8 Å². The number of benzene rings is 1. The lowest BCUT2D eigenvalue weighted by Crippen LogP contribution is -2.57. The summed E-state index contributed by atoms with van der Waals surface area (Å²) < 4.78 is 24.1. The van der Waals surface area contributed by atoms with Crippen LogP contribution < -0.4 is 4.74 Å². The van der Waals surface area contributed by atoms with Crippen molar-refractivity contribution in [3.8, 4) is 5.75 Å². The van der Waals surface area contributed by atoms with Gasteiger partial charge >= 0.3 is 11.8 Å². The van der Waals surface area contributed by atoms with E-state index in [1.165, 1.54) is 11.0 Å². The molecule has 1 aromatic carbocycles. The Morgan fingerprint density at radius 1 is 1.41 bits per heavy atom. The molecule has 1 fully saturated rings. The van der Waals surface area contributed by atoms with E-state index in [0.717, 1.165) is 12.1 Å². The first-order valence-corrected chi connectivity index (χ1v) is 6.74. The molecule has 0 bridgehead atoms. The van der Waals surface area contributed by atoms with Crippen LogP contribution in [0.15, 0.2) is 18.2 Å². The van der Waals surface area contributed by atoms with Crippen LogP contribution in [0.1, 0.15) is 20.8 Å². The van der Waals surface area contributed by atoms with Crippen LogP contribution in [0.3, 0.4) is 0 Å². The van der Waals surface area contributed by atoms with Crippen molar-refractivity contribution in [2.45, 2.75) is 32.5 Å². The molecule has 0 aliphatic carbocycles. The number of halogens is 1. The fourth-order valence-corrected chi connectivity index (χ4v) is 1.89. The van der Waals surface area contributed by atoms with Gasteiger partial charge in [-0.1, -0.05) is 0 Å². The van der Waals surface area contributed by atoms with Crippen LogP contribution in [0.2, 0.25) is 0 Å². The molecule has 1 aliphatic heterocycles. The van der Waals surface area contributed by atoms with Gasteiger partial charge in [-0.2, -0.15) is 4.39 Å². The highest BCUT2D eigenvalue weighted by Crippen LogP contribution is 2.25. The van der Waals surface area contributed by atoms with Gasteiger partial charge in [0, 0.05) is 12.1 Å². The predicted molar refractivity (Wildman–Crippen MR) is 75.3 cm³/mol. The first kappa shape index (κ1) is 16.0. The molecule has 7 nitrogen and oxygen atoms in total. The summed E-state index contributed by atoms with van der Waals surface area (Å²) in [5.41, 5.74) is -1.17. The zero-order valence-electron chi connectivity index (χ0n) is 12.5. The number of carbonyl (C=O) groups is 1. The molecule has 120 valence electrons. The van der Waals surface area contributed by atoms with E-state index < -0.39 is 28.1 Å². The van der Waals surface area contributed by atoms with Crippen molar-refractivity contribution in [2.24, 2.45) is 0 Å². The molecule has 1 saturated heterocycles. The predicted octanol–water partition coefficient (Wildman–Crippen LogP) is 2.73. The molecule has 1 aliphatic rings. The zero-order chi connectivity index (χ0) is 16.5. The SMILES string of the molecule is CC(C)(C)OC(=O)N1CC(Oc2ccc([N+](=O)[O-])c(F)c2)C1. The Morgan fingerprint density at radius 2 is 2.05 bits per heavy atom. The molecule has 0 unspecified atom stereocenters. The van der Waals surface area contributed by atoms with Gasteiger partial charge in [0.25, 0.3) is 0 Å². The molecule has 0 spiro atoms. The van der Waals surface area contributed by atoms with Gasteiger partial charge in [-0.25, -0.2) is 4.79 Å². The van der Waals surface area contributed by atoms with Crippen molar-refractivity contribution in [1.82, 2.24) is 4.90 Å². The normalized spacial score (nSPS) is 15.2. The summed E-state index contributed by atoms with van der Waals surface area (Å²) in [7, 11) is 0. The van der Waals surface area contributed by atoms with E-state index in [9.17, 15) is 19.3 Å². The average molecular weight is 312 g/mol. The van der Waals surface area contributed by atoms with Crippen molar-refractivity contribution in [3.05, 3.63) is 34.1 Å². The van der Waals surface area contributed by atoms with Gasteiger partial charge in [0.05, 0.1) is 18.0 Å². The van der Waals surface area contributed by atoms with E-state index in [1.54, 1.807) is 20.8 Å². The number of likely N-dealkylation sites (tertiary alicyclic amines) is 1. The molecule has 0 N–H and O–H groups in total. The number of hydrogen-bond acceptors (Lipinski definition) is 5. The summed E-state index contributed by atoms with van der Waals surface area (Å²) in [6, 6.07) is 3.35. The van der Waals surface area contributed by atoms with E-state index in [1.807, 2.05) is 0 Å². The third-order valence-corrected chi connectivity index (χ3v) is 2.92. The lowest BCUT2D eigenvalue weighted by atomic mass is 10.1. The topological polar surface area (TPSA) is 81.9 Å². The van der Waals surface area contributed by atoms with Gasteiger partial charge in [0.2, 0.25) is 5.82 Å². The summed E-state index contributed by atoms with van der Waals surface area (Å²) in [5, 5.41) is 10.5. The maximum absolute atomic E-state index is 13.5. The van der Waals surface area contributed by atoms with E-state index in [2.05, 4.69) is 0 Å². The van der Waals surface area contributed by atoms with Gasteiger partial charge < -0.3 is 14.4 Å². The van der Waals surface area contributed by atoms with Crippen LogP contribution >= 0.6 is 0 Å². The molecule has 8 heteroatoms. The molecule has 1 aromatic rings. The first-order chi connectivity index (χ1) is 10.2. The molecule has 0 radical (unpaired) electrons. The summed E-state index contributed by atoms with van der Waals surface area (Å²) in [6.45, 7) is 5.98. The Morgan fingerprint density at radius 3 is 2.55 bits per heavy atom. The highest BCUT2D eigenvalue weighted by Gasteiger charge is 2.35. The lowest BCUT2D eigenvalue weighted by molar-refractivity contribution is -0.387. The minimum absolute atomic E-state index is 0.192. The number of amides is 1. The van der Waals surface area contributed by atoms with Crippen LogP contribution in [0.4, 0.5) is 14.9 Å². The average Bonchev–Trinajstić information content (AvgIpc) is 2.30. The molecular formula is C14H17FN2O5. The second-order valence-electron chi connectivity index (χ2n) is 6.00. The van der Waals surface area contributed by atoms with E-state index >= 15 is 0 Å². The quantitative estimate of drug-likeness (QED) is 0.633. The van der Waals surface area contributed by atoms with E-state index in [-0.39, 0.29) is 11.9 Å². The Labute approximate surface area is 126 Å². The summed E-state index contributed by atoms with van der Waals surface area (Å²) in [4.78, 5) is 22.9. The Bertz CT molecular complexity index is 593. The lowest BCUT2D eigenvalue weighted by Gasteiger charge is -2.39. The summed E-state index contributed by atoms with van der Waals surface area (Å²) in [5.74, 6) is -0.761. The monoisotopic (exact) mass is 312 g/mol. The molecule has 0 aromatic heterocycles. The molecule has 22 heavy (non-hydrogen) atoms. The number of nitro benzene ring substituents is 1. The number of hydrogen-bond donors (Lipinski definition) is 0. The summed E-state index contributed by atoms with van der Waals surface area (Å²) >= 11 is 0. The van der Waals surface area contributed by atoms with Crippen LogP contribution in [0.25, 0.3) is 0 Å². The fourth-order valence-electron chi connectivity index (χ4n) is 1.89. The number of carbonyl (C=O) groups excluding carboxylic acids is 1. The molecule has 0 atom stereocenters. The van der Waals surface area contributed by atoms with Gasteiger partial charge in [0.15, 0.2) is 0 Å². The first-order valence-electron chi connectivity index (χ1n) is 6.74. The molecule has 1 heterocycles. The number of rotatable bonds is 3. The zero-order valence-corrected chi connectivity index (χ0v) is 12.5. The Kier molecular flexibility index (Phi) is 4.20. The second-order valence-corrected chi connectivity index (χ2v) is 6.00. The summed E-state index contributed by atoms with van der Waals surface area (Å²) in [6.07, 6.45) is -0.712. The molecular weight excluding hydrogens is 295 g/mol. The van der Waals surface area contributed by atoms with Crippen molar-refractivity contribution in [3.63, 3.8) is 0 Å². The highest BCUT2D eigenvalue weighted by atomic mass is 19.1. The Balaban J connectivity index is 1.87. The maximum Gasteiger partial charge on any atom is 0.410 e. The highest BCUT2D eigenvalue weighted by molar-refractivity contribution is 5.69. The van der Waals surface area contributed by atoms with E-state index in [4.69, 9.17) is 9.47 Å². The third-order valence-electron chi connectivity index (χ3n) is 2.92. The molecule has 1 amide bonds. The second kappa shape index (κ2) is 5.78. The molecule has 2 rings (SSSR count). The van der Waals surface area contributed by atoms with Crippen LogP contribution in [0, 0.1) is 15.9 Å². The van der Waals surface area contributed by atoms with Gasteiger partial charge in [-0.3, -0.25) is 10.1 Å². The molecule has 0 saturated carbocycles. The van der Waals surface area contributed by atoms with Crippen LogP contribution in [-0.2, 0) is 4.74 Å². The van der Waals surface area contributed by atoms with Crippen LogP contribution in [0.5, 0.6) is 5.75 Å². The number of ether oxygens (including phenoxy) is 2. The number of nitro groups is 1. The minimum Gasteiger partial charge on any atom is -0.487 e. The maximum atomic E-state index is 13.5. The van der Waals surface area contributed by atoms with Crippen molar-refractivity contribution < 1.29 is 23.6 Å². The van der Waals surface area contributed by atoms with Gasteiger partial charge in [-0.15, -0.1) is 0 Å². The Hall–Kier alpha value is -2.38. The smallest absolute Gasteiger partial charge is 0.410 e. The number of nitrogens with zero attached hydrogens (tertiary/aromatic N) is 2. The van der Waals surface area contributed by atoms with Gasteiger partial charge in [-0.05, 0) is 26.8 Å². The van der Waals surface area contributed by atoms with E-state index in [0.29, 0.717) is 13.1 Å². The standard InChI is InChI=1S/C14H17FN2O5/c1-14(2,3)22-13(18)16-7-10(8-16)21-9-4-5-12(17(19)20)11(15)6-9/h4-6,10H,7-8H2,1-3H3. The largest absolute Gasteiger partial charge is 0.487 e. The van der Waals surface area contributed by atoms with Crippen molar-refractivity contribution in [1.29, 1.82) is 0 Å². The van der Waals surface area contributed by atoms with Crippen LogP contribution in [-0.4, -0.2) is 40.7 Å². The fraction of sp³-hybridized carbons (Fsp3) is 0.500. The van der Waals surface area contributed by atoms with Crippen molar-refractivity contribution in [2.75, 3.05) is 13.1 Å². The minimum atomic E-state index is -0.953. The third kappa shape index (κ3) is 3.84.